The molecule has 8 atom stereocenters. The van der Waals surface area contributed by atoms with Gasteiger partial charge in [0, 0.05) is 53.5 Å². The summed E-state index contributed by atoms with van der Waals surface area (Å²) in [6.45, 7) is 12.3. The molecule has 2 heterocycles. The van der Waals surface area contributed by atoms with E-state index < -0.39 is 54.2 Å². The standard InChI is InChI=1S/C41H64N8O8/c1-10-25(4)35(48(7)39(53)34(24(2)3)47-41-44-23-29(27(6)45-41)38(52)43-19-18-42)32(56-8)22-33(50)49-20-14-17-31(49)36(57-9)26(5)37(51)46-30(40(54)55)21-28-15-12-11-13-16-28/h11-13,15-16,23-26,30-32,34-36H,10,14,17-22,42H2,1-9H3,(H,43,52)(H,46,51)(H,54,55)(H,44,45,47)/t25-,26+,30?,31-,32+,34-,35-,36+/m0/s1. The molecule has 57 heavy (non-hydrogen) atoms. The third-order valence-corrected chi connectivity index (χ3v) is 11.0. The zero-order valence-corrected chi connectivity index (χ0v) is 35.0. The van der Waals surface area contributed by atoms with Crippen molar-refractivity contribution in [3.8, 4) is 0 Å². The minimum absolute atomic E-state index is 0.0232. The van der Waals surface area contributed by atoms with Crippen LogP contribution in [0.3, 0.4) is 0 Å². The largest absolute Gasteiger partial charge is 0.480 e. The third-order valence-electron chi connectivity index (χ3n) is 11.0. The van der Waals surface area contributed by atoms with Crippen molar-refractivity contribution in [1.82, 2.24) is 30.4 Å². The summed E-state index contributed by atoms with van der Waals surface area (Å²) in [6, 6.07) is 6.28. The van der Waals surface area contributed by atoms with E-state index in [1.807, 2.05) is 58.0 Å². The molecule has 1 aliphatic heterocycles. The molecule has 16 nitrogen and oxygen atoms in total. The number of hydrogen-bond acceptors (Lipinski definition) is 11. The van der Waals surface area contributed by atoms with E-state index in [0.29, 0.717) is 50.2 Å². The molecule has 6 N–H and O–H groups in total. The van der Waals surface area contributed by atoms with E-state index in [-0.39, 0.29) is 48.3 Å². The van der Waals surface area contributed by atoms with Crippen molar-refractivity contribution < 1.29 is 38.6 Å². The van der Waals surface area contributed by atoms with E-state index in [0.717, 1.165) is 5.56 Å². The highest BCUT2D eigenvalue weighted by molar-refractivity contribution is 5.95. The molecule has 0 spiro atoms. The molecule has 1 aliphatic rings. The van der Waals surface area contributed by atoms with Gasteiger partial charge in [-0.2, -0.15) is 0 Å². The first kappa shape index (κ1) is 46.7. The van der Waals surface area contributed by atoms with Crippen LogP contribution >= 0.6 is 0 Å². The molecule has 1 aromatic carbocycles. The molecule has 16 heteroatoms. The summed E-state index contributed by atoms with van der Waals surface area (Å²) in [5.74, 6) is -3.19. The smallest absolute Gasteiger partial charge is 0.326 e. The van der Waals surface area contributed by atoms with Crippen molar-refractivity contribution in [3.63, 3.8) is 0 Å². The summed E-state index contributed by atoms with van der Waals surface area (Å²) >= 11 is 0. The average Bonchev–Trinajstić information content (AvgIpc) is 3.68. The average molecular weight is 797 g/mol. The molecular formula is C41H64N8O8. The van der Waals surface area contributed by atoms with E-state index in [4.69, 9.17) is 15.2 Å². The highest BCUT2D eigenvalue weighted by atomic mass is 16.5. The van der Waals surface area contributed by atoms with Crippen LogP contribution in [0, 0.1) is 24.7 Å². The molecule has 4 amide bonds. The number of carboxylic acid groups (broad SMARTS) is 1. The Morgan fingerprint density at radius 2 is 1.75 bits per heavy atom. The number of hydrogen-bond donors (Lipinski definition) is 5. The van der Waals surface area contributed by atoms with E-state index >= 15 is 0 Å². The van der Waals surface area contributed by atoms with Gasteiger partial charge < -0.3 is 46.1 Å². The number of aliphatic carboxylic acids is 1. The number of nitrogens with two attached hydrogens (primary N) is 1. The minimum Gasteiger partial charge on any atom is -0.480 e. The van der Waals surface area contributed by atoms with Crippen LogP contribution in [0.1, 0.15) is 81.9 Å². The number of carbonyl (C=O) groups excluding carboxylic acids is 4. The van der Waals surface area contributed by atoms with E-state index in [9.17, 15) is 29.1 Å². The Balaban J connectivity index is 1.78. The molecule has 0 bridgehead atoms. The van der Waals surface area contributed by atoms with Crippen molar-refractivity contribution in [3.05, 3.63) is 53.3 Å². The molecule has 1 fully saturated rings. The van der Waals surface area contributed by atoms with Crippen molar-refractivity contribution in [2.45, 2.75) is 110 Å². The zero-order valence-electron chi connectivity index (χ0n) is 35.0. The highest BCUT2D eigenvalue weighted by Gasteiger charge is 2.43. The maximum absolute atomic E-state index is 14.3. The van der Waals surface area contributed by atoms with E-state index in [1.165, 1.54) is 20.4 Å². The monoisotopic (exact) mass is 796 g/mol. The van der Waals surface area contributed by atoms with Gasteiger partial charge in [-0.25, -0.2) is 14.8 Å². The van der Waals surface area contributed by atoms with Crippen LogP contribution in [-0.2, 0) is 35.1 Å². The number of methoxy groups -OCH3 is 2. The second-order valence-electron chi connectivity index (χ2n) is 15.3. The SMILES string of the molecule is CC[C@H](C)[C@@H]([C@@H](CC(=O)N1CCC[C@H]1[C@H](OC)[C@@H](C)C(=O)NC(Cc1ccccc1)C(=O)O)OC)N(C)C(=O)[C@@H](Nc1ncc(C(=O)NCCN)c(C)n1)C(C)C. The molecule has 1 unspecified atom stereocenters. The molecular weight excluding hydrogens is 732 g/mol. The molecule has 1 aromatic heterocycles. The molecule has 0 saturated carbocycles. The lowest BCUT2D eigenvalue weighted by molar-refractivity contribution is -0.147. The van der Waals surface area contributed by atoms with Gasteiger partial charge in [-0.15, -0.1) is 0 Å². The molecule has 0 aliphatic carbocycles. The van der Waals surface area contributed by atoms with Crippen LogP contribution in [0.25, 0.3) is 0 Å². The Bertz CT molecular complexity index is 1650. The van der Waals surface area contributed by atoms with Gasteiger partial charge in [0.1, 0.15) is 12.1 Å². The zero-order chi connectivity index (χ0) is 42.4. The van der Waals surface area contributed by atoms with Gasteiger partial charge >= 0.3 is 5.97 Å². The Morgan fingerprint density at radius 3 is 2.32 bits per heavy atom. The first-order chi connectivity index (χ1) is 27.1. The number of nitrogens with one attached hydrogen (secondary N) is 3. The van der Waals surface area contributed by atoms with Gasteiger partial charge in [0.2, 0.25) is 23.7 Å². The topological polar surface area (TPSA) is 218 Å². The number of ether oxygens (including phenoxy) is 2. The minimum atomic E-state index is -1.14. The van der Waals surface area contributed by atoms with Crippen molar-refractivity contribution in [2.24, 2.45) is 23.5 Å². The highest BCUT2D eigenvalue weighted by Crippen LogP contribution is 2.30. The Hall–Kier alpha value is -4.67. The summed E-state index contributed by atoms with van der Waals surface area (Å²) in [6.07, 6.45) is 2.15. The number of aryl methyl sites for hydroxylation is 1. The summed E-state index contributed by atoms with van der Waals surface area (Å²) in [7, 11) is 4.74. The van der Waals surface area contributed by atoms with Crippen LogP contribution in [0.15, 0.2) is 36.5 Å². The molecule has 0 radical (unpaired) electrons. The maximum atomic E-state index is 14.3. The van der Waals surface area contributed by atoms with Crippen molar-refractivity contribution in [2.75, 3.05) is 46.2 Å². The van der Waals surface area contributed by atoms with Crippen LogP contribution in [-0.4, -0.2) is 132 Å². The third kappa shape index (κ3) is 12.4. The molecule has 2 aromatic rings. The first-order valence-corrected chi connectivity index (χ1v) is 19.9. The molecule has 3 rings (SSSR count). The lowest BCUT2D eigenvalue weighted by Crippen LogP contribution is -2.56. The van der Waals surface area contributed by atoms with Crippen molar-refractivity contribution in [1.29, 1.82) is 0 Å². The molecule has 1 saturated heterocycles. The van der Waals surface area contributed by atoms with Gasteiger partial charge in [0.25, 0.3) is 5.91 Å². The summed E-state index contributed by atoms with van der Waals surface area (Å²) in [4.78, 5) is 78.8. The summed E-state index contributed by atoms with van der Waals surface area (Å²) in [5, 5.41) is 18.5. The normalized spacial score (nSPS) is 17.8. The van der Waals surface area contributed by atoms with Crippen LogP contribution in [0.5, 0.6) is 0 Å². The van der Waals surface area contributed by atoms with Gasteiger partial charge in [-0.3, -0.25) is 19.2 Å². The Kier molecular flexibility index (Phi) is 18.3. The van der Waals surface area contributed by atoms with Gasteiger partial charge in [0.15, 0.2) is 0 Å². The fourth-order valence-electron chi connectivity index (χ4n) is 7.57. The number of anilines is 1. The predicted octanol–water partition coefficient (Wildman–Crippen LogP) is 2.64. The number of rotatable bonds is 22. The summed E-state index contributed by atoms with van der Waals surface area (Å²) < 4.78 is 11.9. The Morgan fingerprint density at radius 1 is 1.07 bits per heavy atom. The first-order valence-electron chi connectivity index (χ1n) is 19.9. The fraction of sp³-hybridized carbons (Fsp3) is 0.634. The fourth-order valence-corrected chi connectivity index (χ4v) is 7.57. The lowest BCUT2D eigenvalue weighted by atomic mass is 9.89. The van der Waals surface area contributed by atoms with Gasteiger partial charge in [0.05, 0.1) is 47.9 Å². The number of aromatic nitrogens is 2. The predicted molar refractivity (Wildman–Crippen MR) is 216 cm³/mol. The van der Waals surface area contributed by atoms with Crippen LogP contribution < -0.4 is 21.7 Å². The van der Waals surface area contributed by atoms with Crippen LogP contribution in [0.2, 0.25) is 0 Å². The second-order valence-corrected chi connectivity index (χ2v) is 15.3. The number of benzene rings is 1. The van der Waals surface area contributed by atoms with Crippen LogP contribution in [0.4, 0.5) is 5.95 Å². The Labute approximate surface area is 337 Å². The number of carbonyl (C=O) groups is 5. The maximum Gasteiger partial charge on any atom is 0.326 e. The summed E-state index contributed by atoms with van der Waals surface area (Å²) in [5.41, 5.74) is 7.04. The number of nitrogens with zero attached hydrogens (tertiary/aromatic N) is 4. The number of carboxylic acids is 1. The second kappa shape index (κ2) is 22.3. The quantitative estimate of drug-likeness (QED) is 0.116. The van der Waals surface area contributed by atoms with E-state index in [2.05, 4.69) is 25.9 Å². The van der Waals surface area contributed by atoms with Crippen molar-refractivity contribution >= 4 is 35.5 Å². The molecule has 316 valence electrons. The number of likely N-dealkylation sites (tertiary alicyclic amines) is 1. The number of likely N-dealkylation sites (N-methyl/N-ethyl adjacent to an activating group) is 1. The number of amides is 4. The van der Waals surface area contributed by atoms with E-state index in [1.54, 1.807) is 30.7 Å². The van der Waals surface area contributed by atoms with Gasteiger partial charge in [-0.05, 0) is 37.2 Å². The lowest BCUT2D eigenvalue weighted by Gasteiger charge is -2.40. The van der Waals surface area contributed by atoms with Gasteiger partial charge in [-0.1, -0.05) is 71.4 Å².